The topological polar surface area (TPSA) is 86.8 Å². The molecule has 0 radical (unpaired) electrons. The molecule has 0 heterocycles. The number of carbonyl (C=O) groups is 2. The number of hydrogen-bond acceptors (Lipinski definition) is 4. The van der Waals surface area contributed by atoms with Crippen molar-refractivity contribution < 1.29 is 18.0 Å². The molecule has 0 aliphatic carbocycles. The first-order chi connectivity index (χ1) is 21.1. The molecule has 9 heteroatoms. The van der Waals surface area contributed by atoms with Crippen molar-refractivity contribution in [3.63, 3.8) is 0 Å². The van der Waals surface area contributed by atoms with Crippen LogP contribution in [0.15, 0.2) is 119 Å². The van der Waals surface area contributed by atoms with E-state index in [0.29, 0.717) is 5.69 Å². The highest BCUT2D eigenvalue weighted by Gasteiger charge is 2.35. The molecule has 0 aliphatic heterocycles. The van der Waals surface area contributed by atoms with Crippen LogP contribution in [0.5, 0.6) is 0 Å². The number of nitrogens with zero attached hydrogens (tertiary/aromatic N) is 2. The Kier molecular flexibility index (Phi) is 11.4. The van der Waals surface area contributed by atoms with Crippen LogP contribution in [0.2, 0.25) is 0 Å². The summed E-state index contributed by atoms with van der Waals surface area (Å²) < 4.78 is 30.1. The van der Waals surface area contributed by atoms with Gasteiger partial charge in [-0.05, 0) is 67.8 Å². The summed E-state index contributed by atoms with van der Waals surface area (Å²) in [4.78, 5) is 29.9. The summed E-state index contributed by atoms with van der Waals surface area (Å²) in [5.74, 6) is -0.781. The average molecular weight is 677 g/mol. The summed E-state index contributed by atoms with van der Waals surface area (Å²) in [6.07, 6.45) is 0.993. The Bertz CT molecular complexity index is 1630. The lowest BCUT2D eigenvalue weighted by atomic mass is 10.0. The lowest BCUT2D eigenvalue weighted by Gasteiger charge is -2.34. The minimum atomic E-state index is -4.14. The van der Waals surface area contributed by atoms with Crippen LogP contribution in [0.25, 0.3) is 0 Å². The number of anilines is 1. The molecule has 2 atom stereocenters. The molecule has 0 fully saturated rings. The van der Waals surface area contributed by atoms with E-state index in [1.54, 1.807) is 48.5 Å². The zero-order valence-electron chi connectivity index (χ0n) is 25.2. The van der Waals surface area contributed by atoms with E-state index in [1.807, 2.05) is 81.4 Å². The zero-order valence-corrected chi connectivity index (χ0v) is 27.6. The molecule has 4 rings (SSSR count). The number of rotatable bonds is 13. The van der Waals surface area contributed by atoms with E-state index in [-0.39, 0.29) is 29.8 Å². The summed E-state index contributed by atoms with van der Waals surface area (Å²) in [5, 5.41) is 3.05. The summed E-state index contributed by atoms with van der Waals surface area (Å²) in [7, 11) is -4.14. The molecule has 4 aromatic carbocycles. The van der Waals surface area contributed by atoms with Crippen LogP contribution in [0.4, 0.5) is 5.69 Å². The number of hydrogen-bond donors (Lipinski definition) is 1. The van der Waals surface area contributed by atoms with Gasteiger partial charge in [0.2, 0.25) is 11.8 Å². The summed E-state index contributed by atoms with van der Waals surface area (Å²) in [5.41, 5.74) is 2.97. The van der Waals surface area contributed by atoms with Gasteiger partial charge in [-0.1, -0.05) is 101 Å². The molecule has 0 aliphatic rings. The third-order valence-corrected chi connectivity index (χ3v) is 9.79. The maximum Gasteiger partial charge on any atom is 0.264 e. The first-order valence-electron chi connectivity index (χ1n) is 14.6. The summed E-state index contributed by atoms with van der Waals surface area (Å²) >= 11 is 3.41. The Morgan fingerprint density at radius 1 is 0.818 bits per heavy atom. The second-order valence-corrected chi connectivity index (χ2v) is 13.6. The molecule has 2 amide bonds. The predicted molar refractivity (Wildman–Crippen MR) is 179 cm³/mol. The van der Waals surface area contributed by atoms with E-state index in [4.69, 9.17) is 0 Å². The molecule has 0 saturated carbocycles. The highest BCUT2D eigenvalue weighted by molar-refractivity contribution is 9.10. The van der Waals surface area contributed by atoms with Crippen LogP contribution >= 0.6 is 15.9 Å². The molecule has 0 bridgehead atoms. The van der Waals surface area contributed by atoms with Gasteiger partial charge in [-0.15, -0.1) is 0 Å². The Balaban J connectivity index is 1.79. The maximum atomic E-state index is 14.5. The molecule has 4 aromatic rings. The van der Waals surface area contributed by atoms with Crippen molar-refractivity contribution in [1.29, 1.82) is 0 Å². The predicted octanol–water partition coefficient (Wildman–Crippen LogP) is 6.51. The SMILES string of the molecule is CC[C@@H](C)NC(=O)[C@H](Cc1ccccc1)N(Cc1ccccc1)C(=O)CN(c1ccc(Br)cc1)S(=O)(=O)c1ccc(C)cc1. The average Bonchev–Trinajstić information content (AvgIpc) is 3.03. The van der Waals surface area contributed by atoms with E-state index >= 15 is 0 Å². The summed E-state index contributed by atoms with van der Waals surface area (Å²) in [6, 6.07) is 31.3. The largest absolute Gasteiger partial charge is 0.352 e. The van der Waals surface area contributed by atoms with Crippen LogP contribution in [0, 0.1) is 6.92 Å². The minimum Gasteiger partial charge on any atom is -0.352 e. The first-order valence-corrected chi connectivity index (χ1v) is 16.8. The molecule has 44 heavy (non-hydrogen) atoms. The number of carbonyl (C=O) groups excluding carboxylic acids is 2. The quantitative estimate of drug-likeness (QED) is 0.175. The standard InChI is InChI=1S/C35H38BrN3O4S/c1-4-27(3)37-35(41)33(23-28-11-7-5-8-12-28)38(24-29-13-9-6-10-14-29)34(40)25-39(31-19-17-30(36)18-20-31)44(42,43)32-21-15-26(2)16-22-32/h5-22,27,33H,4,23-25H2,1-3H3,(H,37,41)/t27-,33+/m1/s1. The third-order valence-electron chi connectivity index (χ3n) is 7.47. The monoisotopic (exact) mass is 675 g/mol. The van der Waals surface area contributed by atoms with Gasteiger partial charge in [0.1, 0.15) is 12.6 Å². The molecule has 230 valence electrons. The number of halogens is 1. The molecule has 0 spiro atoms. The Morgan fingerprint density at radius 3 is 1.95 bits per heavy atom. The van der Waals surface area contributed by atoms with Crippen LogP contribution in [0.1, 0.15) is 37.0 Å². The van der Waals surface area contributed by atoms with Crippen molar-refractivity contribution in [3.8, 4) is 0 Å². The van der Waals surface area contributed by atoms with Crippen molar-refractivity contribution in [2.24, 2.45) is 0 Å². The fraction of sp³-hybridized carbons (Fsp3) is 0.257. The fourth-order valence-electron chi connectivity index (χ4n) is 4.75. The lowest BCUT2D eigenvalue weighted by molar-refractivity contribution is -0.140. The second-order valence-electron chi connectivity index (χ2n) is 10.8. The highest BCUT2D eigenvalue weighted by Crippen LogP contribution is 2.27. The van der Waals surface area contributed by atoms with Gasteiger partial charge >= 0.3 is 0 Å². The number of amides is 2. The van der Waals surface area contributed by atoms with Crippen molar-refractivity contribution in [3.05, 3.63) is 130 Å². The first kappa shape index (κ1) is 33.0. The number of benzene rings is 4. The third kappa shape index (κ3) is 8.57. The minimum absolute atomic E-state index is 0.0729. The van der Waals surface area contributed by atoms with E-state index in [0.717, 1.165) is 31.9 Å². The highest BCUT2D eigenvalue weighted by atomic mass is 79.9. The van der Waals surface area contributed by atoms with Crippen LogP contribution in [0.3, 0.4) is 0 Å². The fourth-order valence-corrected chi connectivity index (χ4v) is 6.43. The lowest BCUT2D eigenvalue weighted by Crippen LogP contribution is -2.54. The van der Waals surface area contributed by atoms with Crippen LogP contribution < -0.4 is 9.62 Å². The zero-order chi connectivity index (χ0) is 31.7. The van der Waals surface area contributed by atoms with Crippen molar-refractivity contribution in [2.45, 2.75) is 57.1 Å². The van der Waals surface area contributed by atoms with Gasteiger partial charge in [-0.25, -0.2) is 8.42 Å². The van der Waals surface area contributed by atoms with E-state index in [9.17, 15) is 18.0 Å². The van der Waals surface area contributed by atoms with E-state index in [2.05, 4.69) is 21.2 Å². The normalized spacial score (nSPS) is 12.6. The van der Waals surface area contributed by atoms with Crippen molar-refractivity contribution in [1.82, 2.24) is 10.2 Å². The van der Waals surface area contributed by atoms with Gasteiger partial charge in [0, 0.05) is 23.5 Å². The Hall–Kier alpha value is -3.95. The number of aryl methyl sites for hydroxylation is 1. The number of sulfonamides is 1. The maximum absolute atomic E-state index is 14.5. The van der Waals surface area contributed by atoms with Gasteiger partial charge in [-0.2, -0.15) is 0 Å². The van der Waals surface area contributed by atoms with Crippen LogP contribution in [-0.4, -0.2) is 43.8 Å². The number of nitrogens with one attached hydrogen (secondary N) is 1. The van der Waals surface area contributed by atoms with Crippen molar-refractivity contribution in [2.75, 3.05) is 10.8 Å². The van der Waals surface area contributed by atoms with Crippen LogP contribution in [-0.2, 0) is 32.6 Å². The Labute approximate surface area is 269 Å². The molecular weight excluding hydrogens is 638 g/mol. The smallest absolute Gasteiger partial charge is 0.264 e. The molecule has 0 unspecified atom stereocenters. The van der Waals surface area contributed by atoms with Gasteiger partial charge in [0.15, 0.2) is 0 Å². The van der Waals surface area contributed by atoms with Gasteiger partial charge in [0.05, 0.1) is 10.6 Å². The second kappa shape index (κ2) is 15.2. The van der Waals surface area contributed by atoms with E-state index < -0.39 is 28.5 Å². The summed E-state index contributed by atoms with van der Waals surface area (Å²) in [6.45, 7) is 5.42. The Morgan fingerprint density at radius 2 is 1.39 bits per heavy atom. The van der Waals surface area contributed by atoms with E-state index in [1.165, 1.54) is 4.90 Å². The van der Waals surface area contributed by atoms with Gasteiger partial charge in [0.25, 0.3) is 10.0 Å². The van der Waals surface area contributed by atoms with Crippen molar-refractivity contribution >= 4 is 43.5 Å². The van der Waals surface area contributed by atoms with Gasteiger partial charge in [-0.3, -0.25) is 13.9 Å². The molecule has 0 saturated heterocycles. The van der Waals surface area contributed by atoms with Gasteiger partial charge < -0.3 is 10.2 Å². The molecule has 7 nitrogen and oxygen atoms in total. The molecule has 0 aromatic heterocycles. The molecular formula is C35H38BrN3O4S. The molecule has 1 N–H and O–H groups in total.